The maximum atomic E-state index is 11.9. The molecule has 102 valence electrons. The van der Waals surface area contributed by atoms with Crippen LogP contribution in [0.25, 0.3) is 0 Å². The van der Waals surface area contributed by atoms with Crippen molar-refractivity contribution in [2.45, 2.75) is 50.1 Å². The monoisotopic (exact) mass is 265 g/mol. The predicted molar refractivity (Wildman–Crippen MR) is 66.4 cm³/mol. The third-order valence-corrected chi connectivity index (χ3v) is 5.10. The van der Waals surface area contributed by atoms with Crippen molar-refractivity contribution in [3.63, 3.8) is 0 Å². The lowest BCUT2D eigenvalue weighted by Crippen LogP contribution is -2.64. The van der Waals surface area contributed by atoms with Gasteiger partial charge in [0.15, 0.2) is 9.84 Å². The minimum absolute atomic E-state index is 0.106. The summed E-state index contributed by atoms with van der Waals surface area (Å²) in [6, 6.07) is 0. The molecule has 1 N–H and O–H groups in total. The molecule has 0 aromatic heterocycles. The Balaban J connectivity index is 2.88. The molecule has 5 nitrogen and oxygen atoms in total. The highest BCUT2D eigenvalue weighted by Crippen LogP contribution is 2.33. The molecule has 0 saturated carbocycles. The minimum Gasteiger partial charge on any atom is -0.359 e. The first-order valence-corrected chi connectivity index (χ1v) is 7.58. The zero-order valence-corrected chi connectivity index (χ0v) is 12.1. The van der Waals surface area contributed by atoms with Crippen LogP contribution in [0.5, 0.6) is 0 Å². The second kappa shape index (κ2) is 4.84. The average Bonchev–Trinajstić information content (AvgIpc) is 2.09. The van der Waals surface area contributed by atoms with E-state index in [1.165, 1.54) is 6.26 Å². The van der Waals surface area contributed by atoms with Gasteiger partial charge in [-0.1, -0.05) is 0 Å². The largest absolute Gasteiger partial charge is 0.359 e. The van der Waals surface area contributed by atoms with Crippen molar-refractivity contribution in [1.29, 1.82) is 0 Å². The molecule has 0 aromatic carbocycles. The summed E-state index contributed by atoms with van der Waals surface area (Å²) < 4.78 is 34.1. The molecule has 0 bridgehead atoms. The predicted octanol–water partition coefficient (Wildman–Crippen LogP) is 0.898. The van der Waals surface area contributed by atoms with Gasteiger partial charge in [-0.15, -0.1) is 0 Å². The van der Waals surface area contributed by atoms with E-state index in [9.17, 15) is 8.42 Å². The van der Waals surface area contributed by atoms with Gasteiger partial charge < -0.3 is 9.47 Å². The number of ether oxygens (including phenoxy) is 2. The number of piperidine rings is 1. The molecular weight excluding hydrogens is 242 g/mol. The Morgan fingerprint density at radius 1 is 1.29 bits per heavy atom. The van der Waals surface area contributed by atoms with Crippen LogP contribution in [0.3, 0.4) is 0 Å². The number of rotatable bonds is 4. The van der Waals surface area contributed by atoms with E-state index >= 15 is 0 Å². The number of nitrogens with one attached hydrogen (secondary N) is 1. The van der Waals surface area contributed by atoms with E-state index in [0.717, 1.165) is 6.42 Å². The van der Waals surface area contributed by atoms with Gasteiger partial charge in [-0.25, -0.2) is 8.42 Å². The Kier molecular flexibility index (Phi) is 4.24. The summed E-state index contributed by atoms with van der Waals surface area (Å²) in [5.41, 5.74) is -0.269. The molecular formula is C11H23NO4S. The summed E-state index contributed by atoms with van der Waals surface area (Å²) in [6.07, 6.45) is 2.36. The van der Waals surface area contributed by atoms with E-state index in [4.69, 9.17) is 9.47 Å². The SMILES string of the molecule is COCOC1CC(C)(C)NC(C)(S(C)(=O)=O)C1. The molecule has 6 heteroatoms. The van der Waals surface area contributed by atoms with Crippen LogP contribution >= 0.6 is 0 Å². The highest BCUT2D eigenvalue weighted by Gasteiger charge is 2.47. The minimum atomic E-state index is -3.19. The van der Waals surface area contributed by atoms with Crippen LogP contribution in [0.4, 0.5) is 0 Å². The number of hydrogen-bond acceptors (Lipinski definition) is 5. The maximum Gasteiger partial charge on any atom is 0.166 e. The van der Waals surface area contributed by atoms with Crippen LogP contribution in [-0.4, -0.2) is 45.1 Å². The quantitative estimate of drug-likeness (QED) is 0.765. The zero-order valence-electron chi connectivity index (χ0n) is 11.2. The van der Waals surface area contributed by atoms with Gasteiger partial charge in [-0.05, 0) is 27.2 Å². The average molecular weight is 265 g/mol. The molecule has 2 unspecified atom stereocenters. The molecule has 0 aromatic rings. The Labute approximate surface area is 104 Å². The van der Waals surface area contributed by atoms with Crippen molar-refractivity contribution < 1.29 is 17.9 Å². The lowest BCUT2D eigenvalue weighted by molar-refractivity contribution is -0.0973. The second-order valence-electron chi connectivity index (χ2n) is 5.62. The highest BCUT2D eigenvalue weighted by atomic mass is 32.2. The van der Waals surface area contributed by atoms with Crippen LogP contribution in [-0.2, 0) is 19.3 Å². The summed E-state index contributed by atoms with van der Waals surface area (Å²) in [5.74, 6) is 0. The van der Waals surface area contributed by atoms with Crippen molar-refractivity contribution >= 4 is 9.84 Å². The first-order valence-electron chi connectivity index (χ1n) is 5.69. The van der Waals surface area contributed by atoms with Crippen LogP contribution in [0, 0.1) is 0 Å². The van der Waals surface area contributed by atoms with Gasteiger partial charge in [-0.2, -0.15) is 0 Å². The van der Waals surface area contributed by atoms with E-state index in [0.29, 0.717) is 6.42 Å². The molecule has 0 spiro atoms. The summed E-state index contributed by atoms with van der Waals surface area (Å²) in [5, 5.41) is 3.21. The van der Waals surface area contributed by atoms with E-state index < -0.39 is 14.7 Å². The summed E-state index contributed by atoms with van der Waals surface area (Å²) in [4.78, 5) is -0.937. The van der Waals surface area contributed by atoms with Gasteiger partial charge in [0.1, 0.15) is 11.7 Å². The fraction of sp³-hybridized carbons (Fsp3) is 1.00. The van der Waals surface area contributed by atoms with Gasteiger partial charge in [0.2, 0.25) is 0 Å². The Bertz CT molecular complexity index is 366. The standard InChI is InChI=1S/C11H23NO4S/c1-10(2)6-9(16-8-15-4)7-11(3,12-10)17(5,13)14/h9,12H,6-8H2,1-5H3. The van der Waals surface area contributed by atoms with E-state index in [1.54, 1.807) is 14.0 Å². The van der Waals surface area contributed by atoms with Gasteiger partial charge in [0.05, 0.1) is 6.10 Å². The summed E-state index contributed by atoms with van der Waals surface area (Å²) >= 11 is 0. The van der Waals surface area contributed by atoms with E-state index in [1.807, 2.05) is 13.8 Å². The topological polar surface area (TPSA) is 64.6 Å². The Morgan fingerprint density at radius 3 is 2.35 bits per heavy atom. The van der Waals surface area contributed by atoms with Crippen LogP contribution in [0.1, 0.15) is 33.6 Å². The van der Waals surface area contributed by atoms with Crippen LogP contribution in [0.15, 0.2) is 0 Å². The van der Waals surface area contributed by atoms with Gasteiger partial charge >= 0.3 is 0 Å². The fourth-order valence-corrected chi connectivity index (χ4v) is 3.37. The second-order valence-corrected chi connectivity index (χ2v) is 8.06. The van der Waals surface area contributed by atoms with Gasteiger partial charge in [0, 0.05) is 25.3 Å². The Hall–Kier alpha value is -0.170. The lowest BCUT2D eigenvalue weighted by Gasteiger charge is -2.46. The molecule has 0 amide bonds. The highest BCUT2D eigenvalue weighted by molar-refractivity contribution is 7.92. The fourth-order valence-electron chi connectivity index (χ4n) is 2.42. The Morgan fingerprint density at radius 2 is 1.88 bits per heavy atom. The normalized spacial score (nSPS) is 33.6. The number of sulfone groups is 1. The van der Waals surface area contributed by atoms with Crippen molar-refractivity contribution in [3.05, 3.63) is 0 Å². The zero-order chi connectivity index (χ0) is 13.3. The van der Waals surface area contributed by atoms with Crippen LogP contribution < -0.4 is 5.32 Å². The molecule has 0 aliphatic carbocycles. The summed E-state index contributed by atoms with van der Waals surface area (Å²) in [7, 11) is -1.63. The smallest absolute Gasteiger partial charge is 0.166 e. The molecule has 1 fully saturated rings. The van der Waals surface area contributed by atoms with Crippen molar-refractivity contribution in [1.82, 2.24) is 5.32 Å². The van der Waals surface area contributed by atoms with Gasteiger partial charge in [0.25, 0.3) is 0 Å². The van der Waals surface area contributed by atoms with Crippen molar-refractivity contribution in [2.24, 2.45) is 0 Å². The molecule has 0 radical (unpaired) electrons. The number of hydrogen-bond donors (Lipinski definition) is 1. The number of methoxy groups -OCH3 is 1. The van der Waals surface area contributed by atoms with Gasteiger partial charge in [-0.3, -0.25) is 5.32 Å². The first-order chi connectivity index (χ1) is 7.60. The third kappa shape index (κ3) is 3.64. The lowest BCUT2D eigenvalue weighted by atomic mass is 9.87. The maximum absolute atomic E-state index is 11.9. The van der Waals surface area contributed by atoms with Crippen molar-refractivity contribution in [2.75, 3.05) is 20.2 Å². The molecule has 1 aliphatic rings. The summed E-state index contributed by atoms with van der Waals surface area (Å²) in [6.45, 7) is 5.88. The molecule has 1 aliphatic heterocycles. The third-order valence-electron chi connectivity index (χ3n) is 3.20. The van der Waals surface area contributed by atoms with Crippen LogP contribution in [0.2, 0.25) is 0 Å². The van der Waals surface area contributed by atoms with E-state index in [2.05, 4.69) is 5.32 Å². The molecule has 1 saturated heterocycles. The molecule has 17 heavy (non-hydrogen) atoms. The molecule has 2 atom stereocenters. The van der Waals surface area contributed by atoms with Crippen molar-refractivity contribution in [3.8, 4) is 0 Å². The first kappa shape index (κ1) is 14.9. The van der Waals surface area contributed by atoms with E-state index in [-0.39, 0.29) is 18.4 Å². The molecule has 1 heterocycles. The molecule has 1 rings (SSSR count).